The third-order valence-corrected chi connectivity index (χ3v) is 2.97. The summed E-state index contributed by atoms with van der Waals surface area (Å²) in [5, 5.41) is 13.4. The molecular weight excluding hydrogens is 267 g/mol. The van der Waals surface area contributed by atoms with Gasteiger partial charge in [0, 0.05) is 6.42 Å². The van der Waals surface area contributed by atoms with Crippen LogP contribution in [0.25, 0.3) is 0 Å². The zero-order chi connectivity index (χ0) is 14.7. The standard InChI is InChI=1S/C13H13FN2O4/c14-11(7-1-3-8(17)4-2-7)13(20)15-9-5-6-10(18)16-12(9)19/h1-4,9,11,17H,5-6H2,(H,15,20)(H,16,18,19). The molecule has 3 N–H and O–H groups in total. The first-order valence-electron chi connectivity index (χ1n) is 6.04. The number of imide groups is 1. The molecule has 7 heteroatoms. The van der Waals surface area contributed by atoms with Crippen LogP contribution in [-0.2, 0) is 14.4 Å². The van der Waals surface area contributed by atoms with Crippen LogP contribution in [-0.4, -0.2) is 28.9 Å². The number of carbonyl (C=O) groups is 3. The molecule has 1 aromatic rings. The van der Waals surface area contributed by atoms with Crippen LogP contribution in [0, 0.1) is 0 Å². The van der Waals surface area contributed by atoms with Crippen molar-refractivity contribution >= 4 is 17.7 Å². The summed E-state index contributed by atoms with van der Waals surface area (Å²) in [6, 6.07) is 4.19. The van der Waals surface area contributed by atoms with E-state index in [2.05, 4.69) is 10.6 Å². The maximum absolute atomic E-state index is 13.9. The van der Waals surface area contributed by atoms with Crippen molar-refractivity contribution in [3.63, 3.8) is 0 Å². The quantitative estimate of drug-likeness (QED) is 0.695. The minimum atomic E-state index is -1.94. The van der Waals surface area contributed by atoms with E-state index < -0.39 is 29.9 Å². The highest BCUT2D eigenvalue weighted by Crippen LogP contribution is 2.20. The van der Waals surface area contributed by atoms with E-state index in [9.17, 15) is 18.8 Å². The van der Waals surface area contributed by atoms with Crippen LogP contribution in [0.1, 0.15) is 24.6 Å². The highest BCUT2D eigenvalue weighted by Gasteiger charge is 2.30. The minimum Gasteiger partial charge on any atom is -0.508 e. The summed E-state index contributed by atoms with van der Waals surface area (Å²) < 4.78 is 13.9. The molecule has 0 bridgehead atoms. The molecule has 1 aliphatic heterocycles. The smallest absolute Gasteiger partial charge is 0.259 e. The van der Waals surface area contributed by atoms with Gasteiger partial charge in [-0.3, -0.25) is 19.7 Å². The van der Waals surface area contributed by atoms with Crippen LogP contribution >= 0.6 is 0 Å². The van der Waals surface area contributed by atoms with Crippen molar-refractivity contribution in [2.45, 2.75) is 25.1 Å². The number of amides is 3. The van der Waals surface area contributed by atoms with Gasteiger partial charge < -0.3 is 10.4 Å². The summed E-state index contributed by atoms with van der Waals surface area (Å²) in [6.45, 7) is 0. The molecule has 1 fully saturated rings. The molecule has 3 amide bonds. The van der Waals surface area contributed by atoms with Crippen LogP contribution in [0.3, 0.4) is 0 Å². The lowest BCUT2D eigenvalue weighted by Gasteiger charge is -2.22. The molecule has 20 heavy (non-hydrogen) atoms. The lowest BCUT2D eigenvalue weighted by Crippen LogP contribution is -2.52. The molecule has 2 rings (SSSR count). The Balaban J connectivity index is 1.99. The Morgan fingerprint density at radius 1 is 1.35 bits per heavy atom. The average molecular weight is 280 g/mol. The Morgan fingerprint density at radius 2 is 2.00 bits per heavy atom. The monoisotopic (exact) mass is 280 g/mol. The third kappa shape index (κ3) is 3.11. The second kappa shape index (κ2) is 5.68. The van der Waals surface area contributed by atoms with Gasteiger partial charge >= 0.3 is 0 Å². The zero-order valence-electron chi connectivity index (χ0n) is 10.4. The summed E-state index contributed by atoms with van der Waals surface area (Å²) in [7, 11) is 0. The number of rotatable bonds is 3. The SMILES string of the molecule is O=C1CCC(NC(=O)C(F)c2ccc(O)cc2)C(=O)N1. The van der Waals surface area contributed by atoms with Crippen LogP contribution in [0.4, 0.5) is 4.39 Å². The summed E-state index contributed by atoms with van der Waals surface area (Å²) in [5.74, 6) is -2.03. The van der Waals surface area contributed by atoms with E-state index in [1.165, 1.54) is 24.3 Å². The minimum absolute atomic E-state index is 0.0356. The zero-order valence-corrected chi connectivity index (χ0v) is 10.4. The molecule has 0 saturated carbocycles. The molecule has 0 aromatic heterocycles. The summed E-state index contributed by atoms with van der Waals surface area (Å²) >= 11 is 0. The maximum Gasteiger partial charge on any atom is 0.259 e. The lowest BCUT2D eigenvalue weighted by atomic mass is 10.0. The second-order valence-electron chi connectivity index (χ2n) is 4.47. The Kier molecular flexibility index (Phi) is 3.97. The maximum atomic E-state index is 13.9. The van der Waals surface area contributed by atoms with E-state index >= 15 is 0 Å². The van der Waals surface area contributed by atoms with Crippen molar-refractivity contribution in [2.75, 3.05) is 0 Å². The van der Waals surface area contributed by atoms with Crippen LogP contribution < -0.4 is 10.6 Å². The van der Waals surface area contributed by atoms with Crippen LogP contribution in [0.5, 0.6) is 5.75 Å². The Labute approximate surface area is 114 Å². The highest BCUT2D eigenvalue weighted by atomic mass is 19.1. The van der Waals surface area contributed by atoms with E-state index in [-0.39, 0.29) is 24.2 Å². The van der Waals surface area contributed by atoms with Crippen molar-refractivity contribution in [1.29, 1.82) is 0 Å². The number of halogens is 1. The predicted octanol–water partition coefficient (Wildman–Crippen LogP) is 0.324. The van der Waals surface area contributed by atoms with Gasteiger partial charge in [0.1, 0.15) is 11.8 Å². The number of hydrogen-bond donors (Lipinski definition) is 3. The first-order valence-corrected chi connectivity index (χ1v) is 6.04. The molecule has 0 radical (unpaired) electrons. The predicted molar refractivity (Wildman–Crippen MR) is 66.3 cm³/mol. The fourth-order valence-electron chi connectivity index (χ4n) is 1.87. The normalized spacial score (nSPS) is 20.1. The molecule has 2 unspecified atom stereocenters. The Morgan fingerprint density at radius 3 is 2.60 bits per heavy atom. The average Bonchev–Trinajstić information content (AvgIpc) is 2.42. The van der Waals surface area contributed by atoms with Gasteiger partial charge in [-0.25, -0.2) is 4.39 Å². The van der Waals surface area contributed by atoms with Gasteiger partial charge in [-0.05, 0) is 24.1 Å². The molecular formula is C13H13FN2O4. The molecule has 106 valence electrons. The molecule has 2 atom stereocenters. The highest BCUT2D eigenvalue weighted by molar-refractivity contribution is 6.02. The number of piperidine rings is 1. The largest absolute Gasteiger partial charge is 0.508 e. The van der Waals surface area contributed by atoms with Gasteiger partial charge in [0.2, 0.25) is 18.0 Å². The van der Waals surface area contributed by atoms with Gasteiger partial charge in [-0.1, -0.05) is 12.1 Å². The summed E-state index contributed by atoms with van der Waals surface area (Å²) in [6.07, 6.45) is -1.69. The van der Waals surface area contributed by atoms with Crippen molar-refractivity contribution < 1.29 is 23.9 Å². The van der Waals surface area contributed by atoms with Gasteiger partial charge in [0.15, 0.2) is 0 Å². The summed E-state index contributed by atoms with van der Waals surface area (Å²) in [5.41, 5.74) is 0.0765. The van der Waals surface area contributed by atoms with Gasteiger partial charge in [-0.2, -0.15) is 0 Å². The molecule has 0 spiro atoms. The summed E-state index contributed by atoms with van der Waals surface area (Å²) in [4.78, 5) is 34.1. The Hall–Kier alpha value is -2.44. The van der Waals surface area contributed by atoms with Crippen LogP contribution in [0.15, 0.2) is 24.3 Å². The first-order chi connectivity index (χ1) is 9.47. The topological polar surface area (TPSA) is 95.5 Å². The van der Waals surface area contributed by atoms with Crippen molar-refractivity contribution in [3.8, 4) is 5.75 Å². The van der Waals surface area contributed by atoms with Crippen molar-refractivity contribution in [2.24, 2.45) is 0 Å². The molecule has 1 heterocycles. The molecule has 1 saturated heterocycles. The van der Waals surface area contributed by atoms with Crippen molar-refractivity contribution in [1.82, 2.24) is 10.6 Å². The fourth-order valence-corrected chi connectivity index (χ4v) is 1.87. The van der Waals surface area contributed by atoms with E-state index in [1.54, 1.807) is 0 Å². The van der Waals surface area contributed by atoms with Crippen LogP contribution in [0.2, 0.25) is 0 Å². The number of carbonyl (C=O) groups excluding carboxylic acids is 3. The molecule has 0 aliphatic carbocycles. The number of hydrogen-bond acceptors (Lipinski definition) is 4. The van der Waals surface area contributed by atoms with E-state index in [0.29, 0.717) is 0 Å². The molecule has 1 aromatic carbocycles. The van der Waals surface area contributed by atoms with Gasteiger partial charge in [-0.15, -0.1) is 0 Å². The van der Waals surface area contributed by atoms with E-state index in [4.69, 9.17) is 5.11 Å². The lowest BCUT2D eigenvalue weighted by molar-refractivity contribution is -0.138. The van der Waals surface area contributed by atoms with E-state index in [1.807, 2.05) is 0 Å². The number of alkyl halides is 1. The number of benzene rings is 1. The third-order valence-electron chi connectivity index (χ3n) is 2.97. The van der Waals surface area contributed by atoms with Gasteiger partial charge in [0.25, 0.3) is 5.91 Å². The number of phenolic OH excluding ortho intramolecular Hbond substituents is 1. The Bertz CT molecular complexity index is 544. The number of phenols is 1. The van der Waals surface area contributed by atoms with E-state index in [0.717, 1.165) is 0 Å². The second-order valence-corrected chi connectivity index (χ2v) is 4.47. The molecule has 1 aliphatic rings. The van der Waals surface area contributed by atoms with Crippen molar-refractivity contribution in [3.05, 3.63) is 29.8 Å². The fraction of sp³-hybridized carbons (Fsp3) is 0.308. The van der Waals surface area contributed by atoms with Gasteiger partial charge in [0.05, 0.1) is 0 Å². The first kappa shape index (κ1) is 14.0. The molecule has 6 nitrogen and oxygen atoms in total. The number of nitrogens with one attached hydrogen (secondary N) is 2. The number of aromatic hydroxyl groups is 1.